The Hall–Kier alpha value is -2.38. The highest BCUT2D eigenvalue weighted by Crippen LogP contribution is 2.28. The molecule has 0 aliphatic carbocycles. The van der Waals surface area contributed by atoms with Crippen LogP contribution in [0.1, 0.15) is 31.0 Å². The fourth-order valence-electron chi connectivity index (χ4n) is 2.37. The summed E-state index contributed by atoms with van der Waals surface area (Å²) < 4.78 is 33.7. The van der Waals surface area contributed by atoms with E-state index in [0.717, 1.165) is 11.3 Å². The molecular formula is C19H20N2O3S2. The first-order chi connectivity index (χ1) is 12.5. The molecule has 0 aliphatic heterocycles. The van der Waals surface area contributed by atoms with Gasteiger partial charge in [-0.3, -0.25) is 4.72 Å². The lowest BCUT2D eigenvalue weighted by atomic mass is 10.0. The number of anilines is 1. The SMILES string of the molecule is CC(C)c1ccc(S(=O)(=O)Nc2ccccc2OCc2cscn2)cc1. The van der Waals surface area contributed by atoms with Gasteiger partial charge in [-0.05, 0) is 35.7 Å². The Morgan fingerprint density at radius 1 is 1.12 bits per heavy atom. The highest BCUT2D eigenvalue weighted by Gasteiger charge is 2.17. The Balaban J connectivity index is 1.78. The molecule has 1 N–H and O–H groups in total. The van der Waals surface area contributed by atoms with Gasteiger partial charge in [0, 0.05) is 5.38 Å². The number of nitrogens with one attached hydrogen (secondary N) is 1. The molecule has 0 fully saturated rings. The fraction of sp³-hybridized carbons (Fsp3) is 0.211. The molecule has 1 heterocycles. The second-order valence-corrected chi connectivity index (χ2v) is 8.49. The molecule has 5 nitrogen and oxygen atoms in total. The maximum Gasteiger partial charge on any atom is 0.262 e. The van der Waals surface area contributed by atoms with Gasteiger partial charge in [-0.2, -0.15) is 0 Å². The molecule has 2 aromatic carbocycles. The summed E-state index contributed by atoms with van der Waals surface area (Å²) >= 11 is 1.49. The smallest absolute Gasteiger partial charge is 0.262 e. The molecule has 0 radical (unpaired) electrons. The molecule has 0 saturated carbocycles. The molecule has 3 rings (SSSR count). The van der Waals surface area contributed by atoms with Crippen molar-refractivity contribution in [2.24, 2.45) is 0 Å². The topological polar surface area (TPSA) is 68.3 Å². The van der Waals surface area contributed by atoms with E-state index < -0.39 is 10.0 Å². The molecule has 7 heteroatoms. The summed E-state index contributed by atoms with van der Waals surface area (Å²) in [5, 5.41) is 1.89. The summed E-state index contributed by atoms with van der Waals surface area (Å²) in [6.45, 7) is 4.42. The predicted molar refractivity (Wildman–Crippen MR) is 104 cm³/mol. The molecule has 0 amide bonds. The van der Waals surface area contributed by atoms with E-state index in [1.54, 1.807) is 41.9 Å². The molecule has 0 spiro atoms. The number of hydrogen-bond acceptors (Lipinski definition) is 5. The quantitative estimate of drug-likeness (QED) is 0.640. The van der Waals surface area contributed by atoms with Gasteiger partial charge in [0.05, 0.1) is 21.8 Å². The summed E-state index contributed by atoms with van der Waals surface area (Å²) in [5.74, 6) is 0.808. The number of rotatable bonds is 7. The van der Waals surface area contributed by atoms with Crippen molar-refractivity contribution in [3.8, 4) is 5.75 Å². The maximum absolute atomic E-state index is 12.7. The van der Waals surface area contributed by atoms with Crippen LogP contribution in [0.5, 0.6) is 5.75 Å². The van der Waals surface area contributed by atoms with Gasteiger partial charge in [0.25, 0.3) is 10.0 Å². The van der Waals surface area contributed by atoms with Crippen molar-refractivity contribution in [1.82, 2.24) is 4.98 Å². The summed E-state index contributed by atoms with van der Waals surface area (Å²) in [6, 6.07) is 13.9. The van der Waals surface area contributed by atoms with Crippen LogP contribution in [0.3, 0.4) is 0 Å². The Morgan fingerprint density at radius 2 is 1.85 bits per heavy atom. The summed E-state index contributed by atoms with van der Waals surface area (Å²) in [5.41, 5.74) is 4.03. The minimum Gasteiger partial charge on any atom is -0.485 e. The summed E-state index contributed by atoms with van der Waals surface area (Å²) in [6.07, 6.45) is 0. The van der Waals surface area contributed by atoms with E-state index in [2.05, 4.69) is 23.6 Å². The third-order valence-electron chi connectivity index (χ3n) is 3.85. The molecule has 0 aliphatic rings. The second kappa shape index (κ2) is 7.88. The lowest BCUT2D eigenvalue weighted by molar-refractivity contribution is 0.304. The van der Waals surface area contributed by atoms with Gasteiger partial charge in [0.2, 0.25) is 0 Å². The Kier molecular flexibility index (Phi) is 5.58. The maximum atomic E-state index is 12.7. The number of aromatic nitrogens is 1. The summed E-state index contributed by atoms with van der Waals surface area (Å²) in [7, 11) is -3.69. The first-order valence-corrected chi connectivity index (χ1v) is 10.6. The lowest BCUT2D eigenvalue weighted by Crippen LogP contribution is -2.14. The number of para-hydroxylation sites is 2. The van der Waals surface area contributed by atoms with Crippen LogP contribution >= 0.6 is 11.3 Å². The van der Waals surface area contributed by atoms with E-state index in [9.17, 15) is 8.42 Å². The molecular weight excluding hydrogens is 368 g/mol. The molecule has 0 saturated heterocycles. The lowest BCUT2D eigenvalue weighted by Gasteiger charge is -2.13. The van der Waals surface area contributed by atoms with Crippen molar-refractivity contribution in [3.63, 3.8) is 0 Å². The van der Waals surface area contributed by atoms with E-state index in [4.69, 9.17) is 4.74 Å². The average molecular weight is 389 g/mol. The van der Waals surface area contributed by atoms with Gasteiger partial charge >= 0.3 is 0 Å². The standard InChI is InChI=1S/C19H20N2O3S2/c1-14(2)15-7-9-17(10-8-15)26(22,23)21-18-5-3-4-6-19(18)24-11-16-12-25-13-20-16/h3-10,12-14,21H,11H2,1-2H3. The number of benzene rings is 2. The van der Waals surface area contributed by atoms with Crippen molar-refractivity contribution in [2.45, 2.75) is 31.3 Å². The third kappa shape index (κ3) is 4.42. The van der Waals surface area contributed by atoms with E-state index in [0.29, 0.717) is 17.4 Å². The van der Waals surface area contributed by atoms with Gasteiger partial charge in [-0.15, -0.1) is 11.3 Å². The molecule has 0 bridgehead atoms. The fourth-order valence-corrected chi connectivity index (χ4v) is 3.99. The van der Waals surface area contributed by atoms with Crippen LogP contribution < -0.4 is 9.46 Å². The second-order valence-electron chi connectivity index (χ2n) is 6.09. The predicted octanol–water partition coefficient (Wildman–Crippen LogP) is 4.65. The van der Waals surface area contributed by atoms with Crippen molar-refractivity contribution < 1.29 is 13.2 Å². The number of ether oxygens (including phenoxy) is 1. The molecule has 26 heavy (non-hydrogen) atoms. The van der Waals surface area contributed by atoms with Gasteiger partial charge in [-0.25, -0.2) is 13.4 Å². The minimum absolute atomic E-state index is 0.219. The molecule has 3 aromatic rings. The molecule has 136 valence electrons. The van der Waals surface area contributed by atoms with Crippen molar-refractivity contribution >= 4 is 27.0 Å². The largest absolute Gasteiger partial charge is 0.485 e. The zero-order chi connectivity index (χ0) is 18.6. The first kappa shape index (κ1) is 18.4. The summed E-state index contributed by atoms with van der Waals surface area (Å²) in [4.78, 5) is 4.38. The zero-order valence-electron chi connectivity index (χ0n) is 14.5. The minimum atomic E-state index is -3.69. The van der Waals surface area contributed by atoms with Gasteiger partial charge in [0.15, 0.2) is 0 Å². The van der Waals surface area contributed by atoms with Crippen LogP contribution in [0.4, 0.5) is 5.69 Å². The van der Waals surface area contributed by atoms with E-state index in [-0.39, 0.29) is 11.5 Å². The molecule has 0 atom stereocenters. The van der Waals surface area contributed by atoms with Crippen LogP contribution in [-0.4, -0.2) is 13.4 Å². The molecule has 1 aromatic heterocycles. The van der Waals surface area contributed by atoms with Crippen LogP contribution in [-0.2, 0) is 16.6 Å². The number of thiazole rings is 1. The third-order valence-corrected chi connectivity index (χ3v) is 5.86. The van der Waals surface area contributed by atoms with Crippen LogP contribution in [0.2, 0.25) is 0 Å². The van der Waals surface area contributed by atoms with Crippen LogP contribution in [0.15, 0.2) is 64.3 Å². The molecule has 0 unspecified atom stereocenters. The van der Waals surface area contributed by atoms with Gasteiger partial charge < -0.3 is 4.74 Å². The van der Waals surface area contributed by atoms with Crippen molar-refractivity contribution in [3.05, 3.63) is 70.7 Å². The van der Waals surface area contributed by atoms with E-state index in [1.807, 2.05) is 17.5 Å². The van der Waals surface area contributed by atoms with Crippen molar-refractivity contribution in [2.75, 3.05) is 4.72 Å². The average Bonchev–Trinajstić information content (AvgIpc) is 3.14. The van der Waals surface area contributed by atoms with E-state index >= 15 is 0 Å². The van der Waals surface area contributed by atoms with Crippen LogP contribution in [0, 0.1) is 0 Å². The Labute approximate surface area is 157 Å². The number of hydrogen-bond donors (Lipinski definition) is 1. The van der Waals surface area contributed by atoms with Gasteiger partial charge in [0.1, 0.15) is 12.4 Å². The number of nitrogens with zero attached hydrogens (tertiary/aromatic N) is 1. The zero-order valence-corrected chi connectivity index (χ0v) is 16.2. The Bertz CT molecular complexity index is 951. The van der Waals surface area contributed by atoms with Crippen LogP contribution in [0.25, 0.3) is 0 Å². The van der Waals surface area contributed by atoms with Gasteiger partial charge in [-0.1, -0.05) is 38.1 Å². The monoisotopic (exact) mass is 388 g/mol. The number of sulfonamides is 1. The van der Waals surface area contributed by atoms with E-state index in [1.165, 1.54) is 11.3 Å². The Morgan fingerprint density at radius 3 is 2.50 bits per heavy atom. The normalized spacial score (nSPS) is 11.5. The highest BCUT2D eigenvalue weighted by molar-refractivity contribution is 7.92. The first-order valence-electron chi connectivity index (χ1n) is 8.17. The van der Waals surface area contributed by atoms with Crippen molar-refractivity contribution in [1.29, 1.82) is 0 Å². The highest BCUT2D eigenvalue weighted by atomic mass is 32.2.